The van der Waals surface area contributed by atoms with Crippen LogP contribution in [0.15, 0.2) is 5.11 Å². The first kappa shape index (κ1) is 9.79. The second kappa shape index (κ2) is 3.21. The molecule has 13 heavy (non-hydrogen) atoms. The average molecular weight is 187 g/mol. The van der Waals surface area contributed by atoms with Crippen molar-refractivity contribution < 1.29 is 19.7 Å². The number of cyclic esters (lactones) is 1. The summed E-state index contributed by atoms with van der Waals surface area (Å²) in [6.45, 7) is 0.763. The van der Waals surface area contributed by atoms with Gasteiger partial charge in [-0.2, -0.15) is 0 Å². The van der Waals surface area contributed by atoms with Gasteiger partial charge in [-0.15, -0.1) is 0 Å². The summed E-state index contributed by atoms with van der Waals surface area (Å²) >= 11 is 0. The van der Waals surface area contributed by atoms with E-state index < -0.39 is 30.3 Å². The molecule has 0 amide bonds. The number of nitrogens with zero attached hydrogens (tertiary/aromatic N) is 3. The zero-order valence-corrected chi connectivity index (χ0v) is 6.91. The Labute approximate surface area is 73.6 Å². The van der Waals surface area contributed by atoms with Crippen LogP contribution in [-0.2, 0) is 9.53 Å². The number of carbonyl (C=O) groups is 1. The monoisotopic (exact) mass is 187 g/mol. The minimum atomic E-state index is -1.62. The lowest BCUT2D eigenvalue weighted by molar-refractivity contribution is -0.146. The quantitative estimate of drug-likeness (QED) is 0.258. The molecule has 1 aliphatic heterocycles. The number of azide groups is 1. The van der Waals surface area contributed by atoms with Gasteiger partial charge in [-0.1, -0.05) is 5.11 Å². The molecule has 1 fully saturated rings. The summed E-state index contributed by atoms with van der Waals surface area (Å²) in [4.78, 5) is 13.5. The van der Waals surface area contributed by atoms with E-state index in [1.165, 1.54) is 6.92 Å². The van der Waals surface area contributed by atoms with Gasteiger partial charge in [0.05, 0.1) is 6.61 Å². The van der Waals surface area contributed by atoms with Crippen LogP contribution in [0.3, 0.4) is 0 Å². The predicted octanol–water partition coefficient (Wildman–Crippen LogP) is -0.666. The maximum absolute atomic E-state index is 11.1. The van der Waals surface area contributed by atoms with Crippen LogP contribution in [0.4, 0.5) is 0 Å². The summed E-state index contributed by atoms with van der Waals surface area (Å²) in [5.74, 6) is -0.822. The molecular formula is C6H9N3O4. The standard InChI is InChI=1S/C6H9N3O4/c1-6(8-9-7)4(11)3(2-10)13-5(6)12/h3-4,10-11H,2H2,1H3/t3?,4-,6-/m1/s1. The molecule has 7 nitrogen and oxygen atoms in total. The third-order valence-corrected chi connectivity index (χ3v) is 2.03. The van der Waals surface area contributed by atoms with Crippen LogP contribution in [0.5, 0.6) is 0 Å². The Morgan fingerprint density at radius 1 is 1.85 bits per heavy atom. The van der Waals surface area contributed by atoms with Crippen molar-refractivity contribution in [2.75, 3.05) is 6.61 Å². The molecule has 1 rings (SSSR count). The first-order valence-electron chi connectivity index (χ1n) is 3.62. The second-order valence-electron chi connectivity index (χ2n) is 2.91. The highest BCUT2D eigenvalue weighted by Crippen LogP contribution is 2.29. The van der Waals surface area contributed by atoms with E-state index in [2.05, 4.69) is 14.8 Å². The maximum atomic E-state index is 11.1. The van der Waals surface area contributed by atoms with Gasteiger partial charge in [0.15, 0.2) is 11.6 Å². The first-order valence-corrected chi connectivity index (χ1v) is 3.62. The molecular weight excluding hydrogens is 178 g/mol. The zero-order valence-electron chi connectivity index (χ0n) is 6.91. The molecule has 2 N–H and O–H groups in total. The number of ether oxygens (including phenoxy) is 1. The number of aliphatic hydroxyl groups excluding tert-OH is 2. The highest BCUT2D eigenvalue weighted by atomic mass is 16.6. The Morgan fingerprint density at radius 2 is 2.46 bits per heavy atom. The van der Waals surface area contributed by atoms with Gasteiger partial charge in [0.2, 0.25) is 0 Å². The Kier molecular flexibility index (Phi) is 2.42. The van der Waals surface area contributed by atoms with E-state index in [-0.39, 0.29) is 0 Å². The van der Waals surface area contributed by atoms with Gasteiger partial charge in [-0.05, 0) is 12.5 Å². The van der Waals surface area contributed by atoms with Gasteiger partial charge in [-0.3, -0.25) is 4.79 Å². The average Bonchev–Trinajstić information content (AvgIpc) is 2.31. The lowest BCUT2D eigenvalue weighted by Gasteiger charge is -2.17. The summed E-state index contributed by atoms with van der Waals surface area (Å²) in [5.41, 5.74) is 6.54. The van der Waals surface area contributed by atoms with Crippen LogP contribution in [-0.4, -0.2) is 40.5 Å². The second-order valence-corrected chi connectivity index (χ2v) is 2.91. The van der Waals surface area contributed by atoms with Gasteiger partial charge in [0, 0.05) is 4.91 Å². The molecule has 1 unspecified atom stereocenters. The summed E-state index contributed by atoms with van der Waals surface area (Å²) in [7, 11) is 0. The fourth-order valence-corrected chi connectivity index (χ4v) is 1.13. The molecule has 1 heterocycles. The number of esters is 1. The Hall–Kier alpha value is -1.30. The molecule has 0 bridgehead atoms. The normalized spacial score (nSPS) is 38.2. The van der Waals surface area contributed by atoms with Crippen LogP contribution in [0.2, 0.25) is 0 Å². The summed E-state index contributed by atoms with van der Waals surface area (Å²) in [5, 5.41) is 21.3. The van der Waals surface area contributed by atoms with Crippen molar-refractivity contribution >= 4 is 5.97 Å². The third kappa shape index (κ3) is 1.33. The fourth-order valence-electron chi connectivity index (χ4n) is 1.13. The lowest BCUT2D eigenvalue weighted by Crippen LogP contribution is -2.42. The van der Waals surface area contributed by atoms with Crippen molar-refractivity contribution in [3.8, 4) is 0 Å². The van der Waals surface area contributed by atoms with Crippen molar-refractivity contribution in [2.45, 2.75) is 24.7 Å². The number of aliphatic hydroxyl groups is 2. The smallest absolute Gasteiger partial charge is 0.321 e. The summed E-state index contributed by atoms with van der Waals surface area (Å²) < 4.78 is 4.59. The molecule has 7 heteroatoms. The van der Waals surface area contributed by atoms with Gasteiger partial charge < -0.3 is 14.9 Å². The van der Waals surface area contributed by atoms with E-state index in [4.69, 9.17) is 10.6 Å². The Balaban J connectivity index is 2.98. The SMILES string of the molecule is C[C@]1(N=[N+]=[N-])C(=O)OC(CO)[C@H]1O. The molecule has 72 valence electrons. The van der Waals surface area contributed by atoms with Crippen molar-refractivity contribution in [1.82, 2.24) is 0 Å². The van der Waals surface area contributed by atoms with Crippen LogP contribution in [0, 0.1) is 0 Å². The van der Waals surface area contributed by atoms with Crippen LogP contribution in [0.1, 0.15) is 6.92 Å². The minimum absolute atomic E-state index is 0.497. The Bertz CT molecular complexity index is 275. The minimum Gasteiger partial charge on any atom is -0.457 e. The van der Waals surface area contributed by atoms with E-state index in [1.807, 2.05) is 0 Å². The van der Waals surface area contributed by atoms with Crippen molar-refractivity contribution in [3.05, 3.63) is 10.4 Å². The Morgan fingerprint density at radius 3 is 2.85 bits per heavy atom. The highest BCUT2D eigenvalue weighted by Gasteiger charge is 2.53. The van der Waals surface area contributed by atoms with Gasteiger partial charge >= 0.3 is 5.97 Å². The van der Waals surface area contributed by atoms with E-state index >= 15 is 0 Å². The van der Waals surface area contributed by atoms with Crippen molar-refractivity contribution in [1.29, 1.82) is 0 Å². The maximum Gasteiger partial charge on any atom is 0.321 e. The molecule has 0 aromatic rings. The van der Waals surface area contributed by atoms with Crippen LogP contribution >= 0.6 is 0 Å². The highest BCUT2D eigenvalue weighted by molar-refractivity contribution is 5.84. The number of hydrogen-bond acceptors (Lipinski definition) is 5. The number of carbonyl (C=O) groups excluding carboxylic acids is 1. The fraction of sp³-hybridized carbons (Fsp3) is 0.833. The topological polar surface area (TPSA) is 116 Å². The molecule has 0 aliphatic carbocycles. The van der Waals surface area contributed by atoms with E-state index in [0.29, 0.717) is 0 Å². The van der Waals surface area contributed by atoms with E-state index in [9.17, 15) is 9.90 Å². The molecule has 1 aliphatic rings. The molecule has 0 saturated carbocycles. The summed E-state index contributed by atoms with van der Waals surface area (Å²) in [6, 6.07) is 0. The first-order chi connectivity index (χ1) is 6.06. The molecule has 0 aromatic heterocycles. The predicted molar refractivity (Wildman–Crippen MR) is 40.5 cm³/mol. The molecule has 1 saturated heterocycles. The molecule has 0 spiro atoms. The molecule has 0 aromatic carbocycles. The van der Waals surface area contributed by atoms with Gasteiger partial charge in [0.25, 0.3) is 0 Å². The lowest BCUT2D eigenvalue weighted by atomic mass is 9.96. The van der Waals surface area contributed by atoms with Crippen LogP contribution in [0.25, 0.3) is 10.4 Å². The van der Waals surface area contributed by atoms with Crippen molar-refractivity contribution in [2.24, 2.45) is 5.11 Å². The van der Waals surface area contributed by atoms with E-state index in [1.54, 1.807) is 0 Å². The zero-order chi connectivity index (χ0) is 10.1. The van der Waals surface area contributed by atoms with Crippen molar-refractivity contribution in [3.63, 3.8) is 0 Å². The number of rotatable bonds is 2. The van der Waals surface area contributed by atoms with E-state index in [0.717, 1.165) is 0 Å². The van der Waals surface area contributed by atoms with Gasteiger partial charge in [0.1, 0.15) is 6.10 Å². The molecule has 3 atom stereocenters. The third-order valence-electron chi connectivity index (χ3n) is 2.03. The largest absolute Gasteiger partial charge is 0.457 e. The van der Waals surface area contributed by atoms with Crippen LogP contribution < -0.4 is 0 Å². The van der Waals surface area contributed by atoms with Gasteiger partial charge in [-0.25, -0.2) is 0 Å². The summed E-state index contributed by atoms with van der Waals surface area (Å²) in [6.07, 6.45) is -2.32. The number of hydrogen-bond donors (Lipinski definition) is 2. The molecule has 0 radical (unpaired) electrons.